The van der Waals surface area contributed by atoms with Gasteiger partial charge in [-0.15, -0.1) is 0 Å². The summed E-state index contributed by atoms with van der Waals surface area (Å²) in [6.45, 7) is 3.60. The van der Waals surface area contributed by atoms with Gasteiger partial charge in [-0.25, -0.2) is 5.48 Å². The molecule has 0 saturated heterocycles. The van der Waals surface area contributed by atoms with Gasteiger partial charge in [0.25, 0.3) is 0 Å². The molecule has 0 rings (SSSR count). The summed E-state index contributed by atoms with van der Waals surface area (Å²) in [7, 11) is 0. The van der Waals surface area contributed by atoms with Gasteiger partial charge in [-0.3, -0.25) is 0 Å². The zero-order valence-corrected chi connectivity index (χ0v) is 5.96. The molecule has 0 aliphatic rings. The third-order valence-electron chi connectivity index (χ3n) is 1.24. The zero-order chi connectivity index (χ0) is 7.28. The molecule has 0 radical (unpaired) electrons. The maximum atomic E-state index is 8.79. The van der Waals surface area contributed by atoms with Crippen molar-refractivity contribution < 1.29 is 10.3 Å². The summed E-state index contributed by atoms with van der Waals surface area (Å²) >= 11 is 0. The van der Waals surface area contributed by atoms with Crippen molar-refractivity contribution in [2.45, 2.75) is 38.8 Å². The van der Waals surface area contributed by atoms with Crippen LogP contribution in [0.4, 0.5) is 0 Å². The molecule has 3 heteroatoms. The molecule has 9 heavy (non-hydrogen) atoms. The first-order valence-corrected chi connectivity index (χ1v) is 3.24. The average molecular weight is 133 g/mol. The second-order valence-corrected chi connectivity index (χ2v) is 2.46. The van der Waals surface area contributed by atoms with E-state index in [0.717, 1.165) is 12.8 Å². The zero-order valence-electron chi connectivity index (χ0n) is 5.96. The summed E-state index contributed by atoms with van der Waals surface area (Å²) in [5, 5.41) is 17.1. The minimum Gasteiger partial charge on any atom is -0.393 e. The van der Waals surface area contributed by atoms with Crippen LogP contribution < -0.4 is 5.48 Å². The van der Waals surface area contributed by atoms with Crippen LogP contribution in [0.1, 0.15) is 26.7 Å². The fourth-order valence-corrected chi connectivity index (χ4v) is 0.556. The van der Waals surface area contributed by atoms with E-state index in [4.69, 9.17) is 10.3 Å². The van der Waals surface area contributed by atoms with Gasteiger partial charge in [0.1, 0.15) is 0 Å². The van der Waals surface area contributed by atoms with Crippen molar-refractivity contribution in [2.24, 2.45) is 0 Å². The predicted molar refractivity (Wildman–Crippen MR) is 35.3 cm³/mol. The third kappa shape index (κ3) is 5.76. The molecule has 0 aromatic heterocycles. The van der Waals surface area contributed by atoms with Crippen LogP contribution in [0.25, 0.3) is 0 Å². The quantitative estimate of drug-likeness (QED) is 0.490. The Morgan fingerprint density at radius 1 is 1.33 bits per heavy atom. The van der Waals surface area contributed by atoms with Gasteiger partial charge in [-0.05, 0) is 26.7 Å². The van der Waals surface area contributed by atoms with Gasteiger partial charge in [-0.2, -0.15) is 0 Å². The second kappa shape index (κ2) is 4.73. The largest absolute Gasteiger partial charge is 0.393 e. The normalized spacial score (nSPS) is 17.3. The molecule has 0 aliphatic heterocycles. The van der Waals surface area contributed by atoms with E-state index in [2.05, 4.69) is 5.48 Å². The number of rotatable bonds is 4. The molecule has 3 nitrogen and oxygen atoms in total. The lowest BCUT2D eigenvalue weighted by Gasteiger charge is -2.08. The lowest BCUT2D eigenvalue weighted by Crippen LogP contribution is -2.22. The summed E-state index contributed by atoms with van der Waals surface area (Å²) in [6.07, 6.45) is 1.27. The Balaban J connectivity index is 3.06. The van der Waals surface area contributed by atoms with Crippen molar-refractivity contribution in [1.82, 2.24) is 5.48 Å². The molecule has 0 fully saturated rings. The molecule has 0 bridgehead atoms. The molecule has 0 aromatic rings. The van der Waals surface area contributed by atoms with Crippen LogP contribution >= 0.6 is 0 Å². The molecular formula is C6H15NO2. The minimum absolute atomic E-state index is 0.0830. The highest BCUT2D eigenvalue weighted by Crippen LogP contribution is 1.98. The van der Waals surface area contributed by atoms with Crippen molar-refractivity contribution in [3.05, 3.63) is 0 Å². The van der Waals surface area contributed by atoms with E-state index < -0.39 is 0 Å². The molecule has 3 N–H and O–H groups in total. The molecule has 0 amide bonds. The smallest absolute Gasteiger partial charge is 0.0512 e. The van der Waals surface area contributed by atoms with E-state index in [-0.39, 0.29) is 12.1 Å². The van der Waals surface area contributed by atoms with Gasteiger partial charge in [0, 0.05) is 6.04 Å². The molecule has 56 valence electrons. The van der Waals surface area contributed by atoms with Crippen LogP contribution in [0.5, 0.6) is 0 Å². The number of hydrogen-bond donors (Lipinski definition) is 3. The van der Waals surface area contributed by atoms with Gasteiger partial charge >= 0.3 is 0 Å². The molecule has 0 heterocycles. The molecule has 0 spiro atoms. The van der Waals surface area contributed by atoms with Crippen molar-refractivity contribution in [3.63, 3.8) is 0 Å². The number of aliphatic hydroxyl groups excluding tert-OH is 1. The van der Waals surface area contributed by atoms with Gasteiger partial charge < -0.3 is 10.3 Å². The van der Waals surface area contributed by atoms with Crippen molar-refractivity contribution in [2.75, 3.05) is 0 Å². The minimum atomic E-state index is -0.263. The highest BCUT2D eigenvalue weighted by atomic mass is 16.5. The van der Waals surface area contributed by atoms with E-state index in [1.165, 1.54) is 0 Å². The lowest BCUT2D eigenvalue weighted by molar-refractivity contribution is 0.114. The van der Waals surface area contributed by atoms with Crippen molar-refractivity contribution in [1.29, 1.82) is 0 Å². The number of hydrogen-bond acceptors (Lipinski definition) is 3. The lowest BCUT2D eigenvalue weighted by atomic mass is 10.1. The van der Waals surface area contributed by atoms with E-state index in [1.807, 2.05) is 6.92 Å². The predicted octanol–water partition coefficient (Wildman–Crippen LogP) is 0.515. The van der Waals surface area contributed by atoms with Crippen LogP contribution in [-0.2, 0) is 0 Å². The fraction of sp³-hybridized carbons (Fsp3) is 1.00. The van der Waals surface area contributed by atoms with Crippen LogP contribution in [0.15, 0.2) is 0 Å². The van der Waals surface area contributed by atoms with Gasteiger partial charge in [0.2, 0.25) is 0 Å². The highest BCUT2D eigenvalue weighted by molar-refractivity contribution is 4.56. The molecule has 2 atom stereocenters. The first-order valence-electron chi connectivity index (χ1n) is 3.24. The van der Waals surface area contributed by atoms with Gasteiger partial charge in [0.05, 0.1) is 6.10 Å². The van der Waals surface area contributed by atoms with Crippen molar-refractivity contribution >= 4 is 0 Å². The summed E-state index contributed by atoms with van der Waals surface area (Å²) in [6, 6.07) is 0.0830. The Kier molecular flexibility index (Phi) is 4.67. The summed E-state index contributed by atoms with van der Waals surface area (Å²) in [5.41, 5.74) is 2.11. The summed E-state index contributed by atoms with van der Waals surface area (Å²) < 4.78 is 0. The van der Waals surface area contributed by atoms with Gasteiger partial charge in [-0.1, -0.05) is 0 Å². The first-order chi connectivity index (χ1) is 4.16. The molecule has 2 unspecified atom stereocenters. The Morgan fingerprint density at radius 3 is 2.22 bits per heavy atom. The second-order valence-electron chi connectivity index (χ2n) is 2.46. The van der Waals surface area contributed by atoms with Crippen LogP contribution in [0.2, 0.25) is 0 Å². The maximum absolute atomic E-state index is 8.79. The maximum Gasteiger partial charge on any atom is 0.0512 e. The summed E-state index contributed by atoms with van der Waals surface area (Å²) in [5.74, 6) is 0. The topological polar surface area (TPSA) is 52.5 Å². The Labute approximate surface area is 55.7 Å². The monoisotopic (exact) mass is 133 g/mol. The number of nitrogens with one attached hydrogen (secondary N) is 1. The Hall–Kier alpha value is -0.120. The molecular weight excluding hydrogens is 118 g/mol. The summed E-state index contributed by atoms with van der Waals surface area (Å²) in [4.78, 5) is 0. The van der Waals surface area contributed by atoms with E-state index in [0.29, 0.717) is 0 Å². The van der Waals surface area contributed by atoms with E-state index in [9.17, 15) is 0 Å². The first kappa shape index (κ1) is 8.88. The number of aliphatic hydroxyl groups is 1. The van der Waals surface area contributed by atoms with Crippen LogP contribution in [-0.4, -0.2) is 22.5 Å². The molecule has 0 aromatic carbocycles. The third-order valence-corrected chi connectivity index (χ3v) is 1.24. The van der Waals surface area contributed by atoms with Crippen LogP contribution in [0, 0.1) is 0 Å². The SMILES string of the molecule is CC(O)CCC(C)NO. The Morgan fingerprint density at radius 2 is 1.89 bits per heavy atom. The van der Waals surface area contributed by atoms with E-state index >= 15 is 0 Å². The standard InChI is InChI=1S/C6H15NO2/c1-5(7-9)3-4-6(2)8/h5-9H,3-4H2,1-2H3. The van der Waals surface area contributed by atoms with Crippen molar-refractivity contribution in [3.8, 4) is 0 Å². The molecule has 0 saturated carbocycles. The molecule has 0 aliphatic carbocycles. The van der Waals surface area contributed by atoms with E-state index in [1.54, 1.807) is 6.92 Å². The Bertz CT molecular complexity index is 66.1. The number of hydroxylamine groups is 1. The van der Waals surface area contributed by atoms with Crippen LogP contribution in [0.3, 0.4) is 0 Å². The average Bonchev–Trinajstić information content (AvgIpc) is 1.83. The fourth-order valence-electron chi connectivity index (χ4n) is 0.556. The van der Waals surface area contributed by atoms with Gasteiger partial charge in [0.15, 0.2) is 0 Å². The highest BCUT2D eigenvalue weighted by Gasteiger charge is 2.00.